The molecule has 5 heteroatoms. The van der Waals surface area contributed by atoms with Crippen LogP contribution in [0.4, 0.5) is 4.39 Å². The van der Waals surface area contributed by atoms with E-state index in [9.17, 15) is 9.18 Å². The predicted octanol–water partition coefficient (Wildman–Crippen LogP) is 1.61. The van der Waals surface area contributed by atoms with Gasteiger partial charge in [0.2, 0.25) is 0 Å². The highest BCUT2D eigenvalue weighted by molar-refractivity contribution is 5.93. The summed E-state index contributed by atoms with van der Waals surface area (Å²) in [5.74, 6) is -0.611. The van der Waals surface area contributed by atoms with E-state index in [1.54, 1.807) is 0 Å². The Morgan fingerprint density at radius 3 is 2.88 bits per heavy atom. The van der Waals surface area contributed by atoms with Crippen LogP contribution in [0.5, 0.6) is 0 Å². The Labute approximate surface area is 92.1 Å². The number of carbonyl (C=O) groups is 1. The van der Waals surface area contributed by atoms with Crippen LogP contribution in [0, 0.1) is 5.82 Å². The fraction of sp³-hybridized carbons (Fsp3) is 0.273. The lowest BCUT2D eigenvalue weighted by atomic mass is 10.3. The van der Waals surface area contributed by atoms with Crippen LogP contribution in [-0.4, -0.2) is 21.3 Å². The third kappa shape index (κ3) is 2.03. The molecule has 0 saturated heterocycles. The first-order chi connectivity index (χ1) is 7.56. The average Bonchev–Trinajstić information content (AvgIpc) is 2.59. The number of amides is 1. The normalized spacial score (nSPS) is 11.0. The first-order valence-corrected chi connectivity index (χ1v) is 5.01. The zero-order chi connectivity index (χ0) is 11.7. The minimum atomic E-state index is -0.360. The van der Waals surface area contributed by atoms with E-state index in [1.807, 2.05) is 13.8 Å². The van der Waals surface area contributed by atoms with Crippen LogP contribution in [0.15, 0.2) is 24.5 Å². The van der Waals surface area contributed by atoms with Gasteiger partial charge in [0.15, 0.2) is 0 Å². The summed E-state index contributed by atoms with van der Waals surface area (Å²) < 4.78 is 14.4. The Bertz CT molecular complexity index is 533. The fourth-order valence-electron chi connectivity index (χ4n) is 1.41. The molecule has 2 heterocycles. The van der Waals surface area contributed by atoms with Gasteiger partial charge in [-0.05, 0) is 26.0 Å². The van der Waals surface area contributed by atoms with Crippen LogP contribution >= 0.6 is 0 Å². The number of pyridine rings is 1. The number of hydrogen-bond donors (Lipinski definition) is 1. The summed E-state index contributed by atoms with van der Waals surface area (Å²) in [7, 11) is 0. The summed E-state index contributed by atoms with van der Waals surface area (Å²) in [4.78, 5) is 15.7. The molecule has 84 valence electrons. The van der Waals surface area contributed by atoms with Gasteiger partial charge in [-0.3, -0.25) is 4.79 Å². The van der Waals surface area contributed by atoms with Crippen LogP contribution in [-0.2, 0) is 0 Å². The number of nitrogens with zero attached hydrogens (tertiary/aromatic N) is 2. The maximum Gasteiger partial charge on any atom is 0.271 e. The van der Waals surface area contributed by atoms with Crippen molar-refractivity contribution in [1.29, 1.82) is 0 Å². The molecule has 0 unspecified atom stereocenters. The SMILES string of the molecule is CC(C)NC(=O)c1cn2cc(F)ccc2n1. The van der Waals surface area contributed by atoms with Crippen LogP contribution in [0.1, 0.15) is 24.3 Å². The Balaban J connectivity index is 2.36. The van der Waals surface area contributed by atoms with Crippen molar-refractivity contribution in [3.05, 3.63) is 36.0 Å². The van der Waals surface area contributed by atoms with E-state index < -0.39 is 0 Å². The number of nitrogens with one attached hydrogen (secondary N) is 1. The van der Waals surface area contributed by atoms with Crippen LogP contribution < -0.4 is 5.32 Å². The van der Waals surface area contributed by atoms with E-state index in [-0.39, 0.29) is 17.8 Å². The van der Waals surface area contributed by atoms with Gasteiger partial charge in [0.05, 0.1) is 0 Å². The first kappa shape index (κ1) is 10.6. The van der Waals surface area contributed by atoms with Crippen molar-refractivity contribution in [3.63, 3.8) is 0 Å². The van der Waals surface area contributed by atoms with Crippen molar-refractivity contribution in [3.8, 4) is 0 Å². The average molecular weight is 221 g/mol. The smallest absolute Gasteiger partial charge is 0.271 e. The molecule has 16 heavy (non-hydrogen) atoms. The second-order valence-corrected chi connectivity index (χ2v) is 3.87. The number of aromatic nitrogens is 2. The topological polar surface area (TPSA) is 46.4 Å². The molecule has 0 bridgehead atoms. The van der Waals surface area contributed by atoms with Crippen LogP contribution in [0.25, 0.3) is 5.65 Å². The summed E-state index contributed by atoms with van der Waals surface area (Å²) >= 11 is 0. The molecule has 0 spiro atoms. The van der Waals surface area contributed by atoms with Gasteiger partial charge in [0.1, 0.15) is 17.2 Å². The molecule has 0 saturated carbocycles. The predicted molar refractivity (Wildman–Crippen MR) is 57.8 cm³/mol. The van der Waals surface area contributed by atoms with E-state index in [1.165, 1.54) is 28.9 Å². The van der Waals surface area contributed by atoms with Crippen molar-refractivity contribution in [1.82, 2.24) is 14.7 Å². The number of fused-ring (bicyclic) bond motifs is 1. The third-order valence-electron chi connectivity index (χ3n) is 2.07. The summed E-state index contributed by atoms with van der Waals surface area (Å²) in [6.07, 6.45) is 2.80. The second kappa shape index (κ2) is 3.92. The zero-order valence-electron chi connectivity index (χ0n) is 9.07. The summed E-state index contributed by atoms with van der Waals surface area (Å²) in [6, 6.07) is 2.89. The van der Waals surface area contributed by atoms with Crippen molar-refractivity contribution in [2.24, 2.45) is 0 Å². The highest BCUT2D eigenvalue weighted by Crippen LogP contribution is 2.07. The van der Waals surface area contributed by atoms with Gasteiger partial charge in [-0.15, -0.1) is 0 Å². The molecule has 1 amide bonds. The van der Waals surface area contributed by atoms with Gasteiger partial charge in [-0.25, -0.2) is 9.37 Å². The number of hydrogen-bond acceptors (Lipinski definition) is 2. The molecule has 4 nitrogen and oxygen atoms in total. The molecule has 0 aromatic carbocycles. The second-order valence-electron chi connectivity index (χ2n) is 3.87. The molecule has 0 aliphatic heterocycles. The van der Waals surface area contributed by atoms with Gasteiger partial charge in [-0.1, -0.05) is 0 Å². The lowest BCUT2D eigenvalue weighted by molar-refractivity contribution is 0.0938. The highest BCUT2D eigenvalue weighted by atomic mass is 19.1. The maximum absolute atomic E-state index is 12.9. The van der Waals surface area contributed by atoms with Crippen molar-refractivity contribution in [2.75, 3.05) is 0 Å². The molecule has 0 aliphatic rings. The van der Waals surface area contributed by atoms with E-state index in [0.717, 1.165) is 0 Å². The van der Waals surface area contributed by atoms with Gasteiger partial charge in [-0.2, -0.15) is 0 Å². The minimum Gasteiger partial charge on any atom is -0.348 e. The lowest BCUT2D eigenvalue weighted by Crippen LogP contribution is -2.30. The number of rotatable bonds is 2. The molecular formula is C11H12FN3O. The van der Waals surface area contributed by atoms with Crippen molar-refractivity contribution >= 4 is 11.6 Å². The monoisotopic (exact) mass is 221 g/mol. The summed E-state index contributed by atoms with van der Waals surface area (Å²) in [5, 5.41) is 2.73. The summed E-state index contributed by atoms with van der Waals surface area (Å²) in [5.41, 5.74) is 0.842. The van der Waals surface area contributed by atoms with Crippen LogP contribution in [0.2, 0.25) is 0 Å². The van der Waals surface area contributed by atoms with Crippen LogP contribution in [0.3, 0.4) is 0 Å². The summed E-state index contributed by atoms with van der Waals surface area (Å²) in [6.45, 7) is 3.74. The highest BCUT2D eigenvalue weighted by Gasteiger charge is 2.11. The number of carbonyl (C=O) groups excluding carboxylic acids is 1. The molecule has 0 fully saturated rings. The first-order valence-electron chi connectivity index (χ1n) is 5.01. The number of imidazole rings is 1. The molecule has 2 aromatic rings. The van der Waals surface area contributed by atoms with Gasteiger partial charge >= 0.3 is 0 Å². The van der Waals surface area contributed by atoms with E-state index in [0.29, 0.717) is 11.3 Å². The molecule has 0 aliphatic carbocycles. The molecule has 1 N–H and O–H groups in total. The number of halogens is 1. The van der Waals surface area contributed by atoms with Gasteiger partial charge in [0, 0.05) is 18.4 Å². The van der Waals surface area contributed by atoms with Gasteiger partial charge in [0.25, 0.3) is 5.91 Å². The lowest BCUT2D eigenvalue weighted by Gasteiger charge is -2.04. The standard InChI is InChI=1S/C11H12FN3O/c1-7(2)13-11(16)9-6-15-5-8(12)3-4-10(15)14-9/h3-7H,1-2H3,(H,13,16). The van der Waals surface area contributed by atoms with E-state index in [2.05, 4.69) is 10.3 Å². The maximum atomic E-state index is 12.9. The zero-order valence-corrected chi connectivity index (χ0v) is 9.07. The third-order valence-corrected chi connectivity index (χ3v) is 2.07. The molecule has 2 aromatic heterocycles. The van der Waals surface area contributed by atoms with E-state index >= 15 is 0 Å². The minimum absolute atomic E-state index is 0.0500. The Kier molecular flexibility index (Phi) is 2.60. The Morgan fingerprint density at radius 2 is 2.19 bits per heavy atom. The molecular weight excluding hydrogens is 209 g/mol. The fourth-order valence-corrected chi connectivity index (χ4v) is 1.41. The quantitative estimate of drug-likeness (QED) is 0.837. The molecule has 0 radical (unpaired) electrons. The Hall–Kier alpha value is -1.91. The molecule has 2 rings (SSSR count). The Morgan fingerprint density at radius 1 is 1.44 bits per heavy atom. The van der Waals surface area contributed by atoms with E-state index in [4.69, 9.17) is 0 Å². The van der Waals surface area contributed by atoms with Crippen molar-refractivity contribution in [2.45, 2.75) is 19.9 Å². The van der Waals surface area contributed by atoms with Crippen molar-refractivity contribution < 1.29 is 9.18 Å². The van der Waals surface area contributed by atoms with Gasteiger partial charge < -0.3 is 9.72 Å². The largest absolute Gasteiger partial charge is 0.348 e. The molecule has 0 atom stereocenters.